The predicted molar refractivity (Wildman–Crippen MR) is 82.2 cm³/mol. The van der Waals surface area contributed by atoms with Crippen LogP contribution in [-0.4, -0.2) is 4.98 Å². The van der Waals surface area contributed by atoms with Crippen molar-refractivity contribution in [3.8, 4) is 34.3 Å². The van der Waals surface area contributed by atoms with Gasteiger partial charge in [0.2, 0.25) is 0 Å². The summed E-state index contributed by atoms with van der Waals surface area (Å²) in [6.45, 7) is 2.07. The molecule has 1 aromatic heterocycles. The zero-order valence-corrected chi connectivity index (χ0v) is 12.4. The first-order valence-corrected chi connectivity index (χ1v) is 7.12. The van der Waals surface area contributed by atoms with E-state index in [0.29, 0.717) is 0 Å². The van der Waals surface area contributed by atoms with Crippen molar-refractivity contribution in [3.63, 3.8) is 0 Å². The molecule has 1 aliphatic rings. The van der Waals surface area contributed by atoms with E-state index in [1.54, 1.807) is 12.5 Å². The summed E-state index contributed by atoms with van der Waals surface area (Å²) in [5.74, 6) is 2.96. The average molecular weight is 291 g/mol. The normalized spacial score (nSPS) is 11.9. The Morgan fingerprint density at radius 3 is 2.45 bits per heavy atom. The van der Waals surface area contributed by atoms with Gasteiger partial charge in [0.05, 0.1) is 12.6 Å². The van der Waals surface area contributed by atoms with Gasteiger partial charge in [-0.25, -0.2) is 4.57 Å². The number of aromatic nitrogens is 2. The molecule has 22 heavy (non-hydrogen) atoms. The number of para-hydroxylation sites is 2. The van der Waals surface area contributed by atoms with E-state index >= 15 is 0 Å². The monoisotopic (exact) mass is 291 g/mol. The average Bonchev–Trinajstić information content (AvgIpc) is 2.54. The number of hydrogen-bond donors (Lipinski definition) is 0. The number of rotatable bonds is 1. The van der Waals surface area contributed by atoms with Crippen LogP contribution in [0.15, 0.2) is 55.0 Å². The first kappa shape index (κ1) is 12.8. The van der Waals surface area contributed by atoms with Gasteiger partial charge in [-0.2, -0.15) is 0 Å². The minimum absolute atomic E-state index is 0.733. The van der Waals surface area contributed by atoms with E-state index in [1.165, 1.54) is 0 Å². The van der Waals surface area contributed by atoms with Crippen LogP contribution in [0.2, 0.25) is 0 Å². The summed E-state index contributed by atoms with van der Waals surface area (Å²) in [6, 6.07) is 13.7. The fourth-order valence-corrected chi connectivity index (χ4v) is 2.70. The molecule has 0 spiro atoms. The molecule has 108 valence electrons. The molecule has 0 aliphatic carbocycles. The molecule has 2 heterocycles. The van der Waals surface area contributed by atoms with Gasteiger partial charge in [0, 0.05) is 6.07 Å². The summed E-state index contributed by atoms with van der Waals surface area (Å²) in [4.78, 5) is 4.14. The number of benzene rings is 2. The zero-order chi connectivity index (χ0) is 15.1. The fraction of sp³-hybridized carbons (Fsp3) is 0.111. The van der Waals surface area contributed by atoms with E-state index < -0.39 is 0 Å². The van der Waals surface area contributed by atoms with Gasteiger partial charge in [-0.1, -0.05) is 23.2 Å². The van der Waals surface area contributed by atoms with Crippen LogP contribution in [0.3, 0.4) is 0 Å². The van der Waals surface area contributed by atoms with Gasteiger partial charge >= 0.3 is 0 Å². The van der Waals surface area contributed by atoms with Crippen LogP contribution < -0.4 is 14.0 Å². The van der Waals surface area contributed by atoms with Gasteiger partial charge in [0.15, 0.2) is 23.0 Å². The molecule has 0 amide bonds. The lowest BCUT2D eigenvalue weighted by Crippen LogP contribution is -2.31. The van der Waals surface area contributed by atoms with E-state index in [-0.39, 0.29) is 0 Å². The van der Waals surface area contributed by atoms with Crippen LogP contribution in [0.4, 0.5) is 0 Å². The molecule has 0 radical (unpaired) electrons. The largest absolute Gasteiger partial charge is 0.449 e. The summed E-state index contributed by atoms with van der Waals surface area (Å²) in [7, 11) is 1.97. The maximum absolute atomic E-state index is 6.14. The molecule has 4 heteroatoms. The van der Waals surface area contributed by atoms with E-state index in [0.717, 1.165) is 39.8 Å². The molecule has 0 fully saturated rings. The molecule has 0 saturated carbocycles. The number of ether oxygens (including phenoxy) is 2. The van der Waals surface area contributed by atoms with Gasteiger partial charge in [-0.3, -0.25) is 0 Å². The second-order valence-electron chi connectivity index (χ2n) is 5.31. The lowest BCUT2D eigenvalue weighted by molar-refractivity contribution is -0.663. The lowest BCUT2D eigenvalue weighted by Gasteiger charge is -2.23. The first-order valence-electron chi connectivity index (χ1n) is 7.12. The minimum Gasteiger partial charge on any atom is -0.449 e. The highest BCUT2D eigenvalue weighted by Crippen LogP contribution is 2.49. The third-order valence-corrected chi connectivity index (χ3v) is 3.81. The SMILES string of the molecule is Cc1ccc2c(c1-c1ccnc[n+]1C)Oc1ccccc1O2. The molecule has 0 saturated heterocycles. The summed E-state index contributed by atoms with van der Waals surface area (Å²) in [5, 5.41) is 0. The Labute approximate surface area is 128 Å². The van der Waals surface area contributed by atoms with Crippen molar-refractivity contribution in [3.05, 3.63) is 60.6 Å². The molecule has 0 N–H and O–H groups in total. The highest BCUT2D eigenvalue weighted by atomic mass is 16.6. The Morgan fingerprint density at radius 1 is 0.909 bits per heavy atom. The highest BCUT2D eigenvalue weighted by Gasteiger charge is 2.25. The molecule has 0 unspecified atom stereocenters. The van der Waals surface area contributed by atoms with Crippen molar-refractivity contribution in [1.29, 1.82) is 0 Å². The van der Waals surface area contributed by atoms with Crippen LogP contribution in [-0.2, 0) is 7.05 Å². The Balaban J connectivity index is 1.94. The van der Waals surface area contributed by atoms with Crippen molar-refractivity contribution in [2.45, 2.75) is 6.92 Å². The van der Waals surface area contributed by atoms with E-state index in [1.807, 2.05) is 54.1 Å². The highest BCUT2D eigenvalue weighted by molar-refractivity contribution is 5.75. The van der Waals surface area contributed by atoms with Gasteiger partial charge < -0.3 is 9.47 Å². The molecule has 0 atom stereocenters. The minimum atomic E-state index is 0.733. The summed E-state index contributed by atoms with van der Waals surface area (Å²) in [5.41, 5.74) is 3.19. The standard InChI is InChI=1S/C18H15N2O2/c1-12-7-8-16-18(17(12)13-9-10-19-11-20(13)2)22-15-6-4-3-5-14(15)21-16/h3-11H,1-2H3/q+1. The first-order chi connectivity index (χ1) is 10.7. The number of nitrogens with zero attached hydrogens (tertiary/aromatic N) is 2. The van der Waals surface area contributed by atoms with Crippen LogP contribution >= 0.6 is 0 Å². The van der Waals surface area contributed by atoms with Gasteiger partial charge in [-0.15, -0.1) is 0 Å². The second-order valence-corrected chi connectivity index (χ2v) is 5.31. The Bertz CT molecular complexity index is 875. The van der Waals surface area contributed by atoms with E-state index in [9.17, 15) is 0 Å². The summed E-state index contributed by atoms with van der Waals surface area (Å²) >= 11 is 0. The van der Waals surface area contributed by atoms with Crippen LogP contribution in [0.5, 0.6) is 23.0 Å². The molecular weight excluding hydrogens is 276 g/mol. The van der Waals surface area contributed by atoms with Crippen molar-refractivity contribution in [2.24, 2.45) is 7.05 Å². The summed E-state index contributed by atoms with van der Waals surface area (Å²) in [6.07, 6.45) is 3.57. The Hall–Kier alpha value is -2.88. The Kier molecular flexibility index (Phi) is 2.82. The van der Waals surface area contributed by atoms with Gasteiger partial charge in [0.25, 0.3) is 6.33 Å². The second kappa shape index (κ2) is 4.84. The van der Waals surface area contributed by atoms with Crippen LogP contribution in [0.25, 0.3) is 11.3 Å². The summed E-state index contributed by atoms with van der Waals surface area (Å²) < 4.78 is 14.1. The van der Waals surface area contributed by atoms with Crippen LogP contribution in [0.1, 0.15) is 5.56 Å². The Morgan fingerprint density at radius 2 is 1.68 bits per heavy atom. The van der Waals surface area contributed by atoms with Crippen molar-refractivity contribution in [1.82, 2.24) is 4.98 Å². The molecule has 1 aliphatic heterocycles. The zero-order valence-electron chi connectivity index (χ0n) is 12.4. The van der Waals surface area contributed by atoms with Gasteiger partial charge in [-0.05, 0) is 30.7 Å². The molecule has 0 bridgehead atoms. The smallest absolute Gasteiger partial charge is 0.286 e. The number of fused-ring (bicyclic) bond motifs is 2. The predicted octanol–water partition coefficient (Wildman–Crippen LogP) is 3.78. The molecule has 3 aromatic rings. The molecular formula is C18H15N2O2+. The van der Waals surface area contributed by atoms with Crippen LogP contribution in [0, 0.1) is 6.92 Å². The van der Waals surface area contributed by atoms with Crippen molar-refractivity contribution >= 4 is 0 Å². The van der Waals surface area contributed by atoms with Gasteiger partial charge in [0.1, 0.15) is 11.9 Å². The number of hydrogen-bond acceptors (Lipinski definition) is 3. The van der Waals surface area contributed by atoms with Crippen molar-refractivity contribution in [2.75, 3.05) is 0 Å². The molecule has 4 nitrogen and oxygen atoms in total. The van der Waals surface area contributed by atoms with Crippen molar-refractivity contribution < 1.29 is 14.0 Å². The topological polar surface area (TPSA) is 35.2 Å². The quantitative estimate of drug-likeness (QED) is 0.501. The lowest BCUT2D eigenvalue weighted by atomic mass is 10.0. The number of aryl methyl sites for hydroxylation is 2. The maximum Gasteiger partial charge on any atom is 0.286 e. The van der Waals surface area contributed by atoms with E-state index in [2.05, 4.69) is 11.9 Å². The third kappa shape index (κ3) is 1.92. The van der Waals surface area contributed by atoms with E-state index in [4.69, 9.17) is 9.47 Å². The third-order valence-electron chi connectivity index (χ3n) is 3.81. The maximum atomic E-state index is 6.14. The fourth-order valence-electron chi connectivity index (χ4n) is 2.70. The molecule has 4 rings (SSSR count). The molecule has 2 aromatic carbocycles.